The number of nitrogens with zero attached hydrogens (tertiary/aromatic N) is 2. The van der Waals surface area contributed by atoms with E-state index < -0.39 is 0 Å². The predicted octanol–water partition coefficient (Wildman–Crippen LogP) is 2.77. The minimum atomic E-state index is 0.123. The molecular formula is C12H11BrN2O. The lowest BCUT2D eigenvalue weighted by Crippen LogP contribution is -1.96. The molecule has 0 amide bonds. The molecule has 16 heavy (non-hydrogen) atoms. The molecule has 0 radical (unpaired) electrons. The fourth-order valence-corrected chi connectivity index (χ4v) is 1.99. The highest BCUT2D eigenvalue weighted by Crippen LogP contribution is 2.20. The third-order valence-corrected chi connectivity index (χ3v) is 2.87. The van der Waals surface area contributed by atoms with Gasteiger partial charge in [-0.05, 0) is 35.0 Å². The fourth-order valence-electron chi connectivity index (χ4n) is 1.50. The molecule has 82 valence electrons. The van der Waals surface area contributed by atoms with Crippen molar-refractivity contribution in [3.63, 3.8) is 0 Å². The van der Waals surface area contributed by atoms with Crippen molar-refractivity contribution >= 4 is 21.7 Å². The third kappa shape index (κ3) is 2.39. The molecule has 1 heterocycles. The van der Waals surface area contributed by atoms with E-state index in [9.17, 15) is 4.79 Å². The lowest BCUT2D eigenvalue weighted by molar-refractivity contribution is -0.116. The molecule has 4 heteroatoms. The Bertz CT molecular complexity index is 519. The number of Topliss-reactive ketones (excluding diaryl/α,β-unsaturated/α-hetero) is 1. The number of aromatic nitrogens is 2. The molecule has 0 N–H and O–H groups in total. The van der Waals surface area contributed by atoms with Crippen LogP contribution in [-0.4, -0.2) is 15.3 Å². The molecule has 0 spiro atoms. The van der Waals surface area contributed by atoms with Crippen LogP contribution in [0.2, 0.25) is 0 Å². The first-order chi connectivity index (χ1) is 7.66. The number of benzene rings is 1. The van der Waals surface area contributed by atoms with Crippen LogP contribution in [0.25, 0.3) is 5.69 Å². The molecule has 0 aliphatic rings. The van der Waals surface area contributed by atoms with E-state index in [1.165, 1.54) is 0 Å². The first-order valence-corrected chi connectivity index (χ1v) is 5.73. The predicted molar refractivity (Wildman–Crippen MR) is 65.6 cm³/mol. The van der Waals surface area contributed by atoms with Crippen molar-refractivity contribution < 1.29 is 4.79 Å². The molecule has 1 aromatic carbocycles. The van der Waals surface area contributed by atoms with E-state index in [4.69, 9.17) is 0 Å². The molecule has 0 aliphatic heterocycles. The second-order valence-corrected chi connectivity index (χ2v) is 4.46. The van der Waals surface area contributed by atoms with Crippen molar-refractivity contribution in [1.29, 1.82) is 0 Å². The summed E-state index contributed by atoms with van der Waals surface area (Å²) in [6, 6.07) is 7.88. The van der Waals surface area contributed by atoms with Crippen molar-refractivity contribution in [2.75, 3.05) is 0 Å². The molecule has 2 rings (SSSR count). The fraction of sp³-hybridized carbons (Fsp3) is 0.167. The van der Waals surface area contributed by atoms with E-state index in [1.54, 1.807) is 13.3 Å². The van der Waals surface area contributed by atoms with Gasteiger partial charge in [0, 0.05) is 17.1 Å². The molecule has 0 aliphatic carbocycles. The smallest absolute Gasteiger partial charge is 0.135 e. The van der Waals surface area contributed by atoms with Gasteiger partial charge in [0.05, 0.1) is 17.7 Å². The standard InChI is InChI=1S/C12H11BrN2O/c1-9(16)6-10-7-15(8-14-10)12-5-3-2-4-11(12)13/h2-5,7-8H,6H2,1H3. The summed E-state index contributed by atoms with van der Waals surface area (Å²) in [5.74, 6) is 0.123. The Morgan fingerprint density at radius 3 is 2.88 bits per heavy atom. The first kappa shape index (κ1) is 11.1. The number of ketones is 1. The normalized spacial score (nSPS) is 10.4. The topological polar surface area (TPSA) is 34.9 Å². The van der Waals surface area contributed by atoms with Crippen molar-refractivity contribution in [2.45, 2.75) is 13.3 Å². The first-order valence-electron chi connectivity index (χ1n) is 4.94. The van der Waals surface area contributed by atoms with Crippen molar-refractivity contribution in [1.82, 2.24) is 9.55 Å². The van der Waals surface area contributed by atoms with E-state index in [2.05, 4.69) is 20.9 Å². The molecule has 0 saturated carbocycles. The highest BCUT2D eigenvalue weighted by atomic mass is 79.9. The van der Waals surface area contributed by atoms with E-state index >= 15 is 0 Å². The zero-order valence-electron chi connectivity index (χ0n) is 8.85. The summed E-state index contributed by atoms with van der Waals surface area (Å²) < 4.78 is 2.91. The number of carbonyl (C=O) groups excluding carboxylic acids is 1. The molecule has 0 unspecified atom stereocenters. The van der Waals surface area contributed by atoms with Gasteiger partial charge in [-0.1, -0.05) is 12.1 Å². The number of halogens is 1. The van der Waals surface area contributed by atoms with Crippen LogP contribution in [0.1, 0.15) is 12.6 Å². The average Bonchev–Trinajstić information content (AvgIpc) is 2.66. The SMILES string of the molecule is CC(=O)Cc1cn(-c2ccccc2Br)cn1. The van der Waals surface area contributed by atoms with Crippen LogP contribution >= 0.6 is 15.9 Å². The molecular weight excluding hydrogens is 268 g/mol. The second kappa shape index (κ2) is 4.61. The average molecular weight is 279 g/mol. The Morgan fingerprint density at radius 1 is 1.44 bits per heavy atom. The number of hydrogen-bond donors (Lipinski definition) is 0. The third-order valence-electron chi connectivity index (χ3n) is 2.20. The van der Waals surface area contributed by atoms with Gasteiger partial charge in [-0.25, -0.2) is 4.98 Å². The van der Waals surface area contributed by atoms with Crippen LogP contribution in [0.3, 0.4) is 0 Å². The molecule has 0 bridgehead atoms. The molecule has 2 aromatic rings. The van der Waals surface area contributed by atoms with Crippen LogP contribution in [0.5, 0.6) is 0 Å². The molecule has 3 nitrogen and oxygen atoms in total. The number of para-hydroxylation sites is 1. The van der Waals surface area contributed by atoms with Gasteiger partial charge in [-0.2, -0.15) is 0 Å². The molecule has 0 saturated heterocycles. The van der Waals surface area contributed by atoms with E-state index in [1.807, 2.05) is 35.0 Å². The Hall–Kier alpha value is -1.42. The van der Waals surface area contributed by atoms with Crippen molar-refractivity contribution in [2.24, 2.45) is 0 Å². The number of imidazole rings is 1. The highest BCUT2D eigenvalue weighted by molar-refractivity contribution is 9.10. The zero-order valence-corrected chi connectivity index (χ0v) is 10.4. The zero-order chi connectivity index (χ0) is 11.5. The van der Waals surface area contributed by atoms with Gasteiger partial charge in [0.25, 0.3) is 0 Å². The monoisotopic (exact) mass is 278 g/mol. The van der Waals surface area contributed by atoms with Crippen molar-refractivity contribution in [3.05, 3.63) is 47.0 Å². The van der Waals surface area contributed by atoms with Gasteiger partial charge in [0.15, 0.2) is 0 Å². The van der Waals surface area contributed by atoms with Crippen molar-refractivity contribution in [3.8, 4) is 5.69 Å². The Labute approximate surface area is 102 Å². The number of hydrogen-bond acceptors (Lipinski definition) is 2. The molecule has 1 aromatic heterocycles. The van der Waals surface area contributed by atoms with Gasteiger partial charge >= 0.3 is 0 Å². The summed E-state index contributed by atoms with van der Waals surface area (Å²) in [5, 5.41) is 0. The quantitative estimate of drug-likeness (QED) is 0.866. The summed E-state index contributed by atoms with van der Waals surface area (Å²) >= 11 is 3.48. The largest absolute Gasteiger partial charge is 0.305 e. The Balaban J connectivity index is 2.32. The second-order valence-electron chi connectivity index (χ2n) is 3.60. The van der Waals surface area contributed by atoms with Gasteiger partial charge < -0.3 is 4.57 Å². The summed E-state index contributed by atoms with van der Waals surface area (Å²) in [7, 11) is 0. The van der Waals surface area contributed by atoms with Crippen LogP contribution in [-0.2, 0) is 11.2 Å². The molecule has 0 fully saturated rings. The summed E-state index contributed by atoms with van der Waals surface area (Å²) in [6.07, 6.45) is 3.98. The van der Waals surface area contributed by atoms with Crippen LogP contribution < -0.4 is 0 Å². The van der Waals surface area contributed by atoms with Gasteiger partial charge in [0.2, 0.25) is 0 Å². The van der Waals surface area contributed by atoms with Gasteiger partial charge in [0.1, 0.15) is 5.78 Å². The number of carbonyl (C=O) groups is 1. The minimum Gasteiger partial charge on any atom is -0.305 e. The van der Waals surface area contributed by atoms with Crippen LogP contribution in [0.15, 0.2) is 41.3 Å². The van der Waals surface area contributed by atoms with E-state index in [0.29, 0.717) is 6.42 Å². The summed E-state index contributed by atoms with van der Waals surface area (Å²) in [5.41, 5.74) is 1.81. The molecule has 0 atom stereocenters. The maximum Gasteiger partial charge on any atom is 0.135 e. The van der Waals surface area contributed by atoms with E-state index in [-0.39, 0.29) is 5.78 Å². The van der Waals surface area contributed by atoms with Gasteiger partial charge in [-0.15, -0.1) is 0 Å². The maximum absolute atomic E-state index is 11.0. The number of rotatable bonds is 3. The van der Waals surface area contributed by atoms with Crippen LogP contribution in [0, 0.1) is 0 Å². The Morgan fingerprint density at radius 2 is 2.19 bits per heavy atom. The summed E-state index contributed by atoms with van der Waals surface area (Å²) in [6.45, 7) is 1.57. The summed E-state index contributed by atoms with van der Waals surface area (Å²) in [4.78, 5) is 15.2. The lowest BCUT2D eigenvalue weighted by Gasteiger charge is -2.03. The maximum atomic E-state index is 11.0. The Kier molecular flexibility index (Phi) is 3.19. The van der Waals surface area contributed by atoms with Crippen LogP contribution in [0.4, 0.5) is 0 Å². The van der Waals surface area contributed by atoms with E-state index in [0.717, 1.165) is 15.9 Å². The highest BCUT2D eigenvalue weighted by Gasteiger charge is 2.05. The minimum absolute atomic E-state index is 0.123. The van der Waals surface area contributed by atoms with Gasteiger partial charge in [-0.3, -0.25) is 4.79 Å². The lowest BCUT2D eigenvalue weighted by atomic mass is 10.2.